The number of hydrogen-bond donors (Lipinski definition) is 1. The average Bonchev–Trinajstić information content (AvgIpc) is 3.20. The van der Waals surface area contributed by atoms with E-state index in [1.54, 1.807) is 9.80 Å². The van der Waals surface area contributed by atoms with Gasteiger partial charge >= 0.3 is 0 Å². The number of para-hydroxylation sites is 1. The molecule has 1 aromatic heterocycles. The zero-order valence-corrected chi connectivity index (χ0v) is 12.8. The van der Waals surface area contributed by atoms with Gasteiger partial charge in [0, 0.05) is 25.8 Å². The summed E-state index contributed by atoms with van der Waals surface area (Å²) in [5.41, 5.74) is 1.89. The summed E-state index contributed by atoms with van der Waals surface area (Å²) in [7, 11) is 1.82. The molecule has 0 aliphatic carbocycles. The van der Waals surface area contributed by atoms with Crippen LogP contribution in [0.3, 0.4) is 0 Å². The maximum Gasteiger partial charge on any atom is 0.276 e. The molecule has 2 aliphatic heterocycles. The number of carbonyl (C=O) groups excluding carboxylic acids is 2. The van der Waals surface area contributed by atoms with Gasteiger partial charge in [-0.25, -0.2) is 0 Å². The maximum atomic E-state index is 12.8. The van der Waals surface area contributed by atoms with Crippen molar-refractivity contribution < 1.29 is 9.59 Å². The van der Waals surface area contributed by atoms with Gasteiger partial charge < -0.3 is 9.80 Å². The van der Waals surface area contributed by atoms with E-state index in [9.17, 15) is 9.59 Å². The number of anilines is 1. The molecule has 7 heteroatoms. The molecule has 3 heterocycles. The number of aromatic nitrogens is 3. The number of fused-ring (bicyclic) bond motifs is 2. The first-order valence-electron chi connectivity index (χ1n) is 7.66. The standard InChI is InChI=1S/C16H17N5O2/c1-20-13-5-3-2-4-11(13)16(15(20)23)6-8-21(9-7-16)14(22)12-10-17-19-18-12/h2-5,10H,6-9H2,1H3,(H,17,18,19). The van der Waals surface area contributed by atoms with Gasteiger partial charge in [0.05, 0.1) is 11.6 Å². The number of benzene rings is 1. The zero-order valence-electron chi connectivity index (χ0n) is 12.8. The van der Waals surface area contributed by atoms with Crippen molar-refractivity contribution in [1.82, 2.24) is 20.3 Å². The fourth-order valence-electron chi connectivity index (χ4n) is 3.76. The molecule has 2 aromatic rings. The van der Waals surface area contributed by atoms with E-state index in [-0.39, 0.29) is 11.8 Å². The number of H-pyrrole nitrogens is 1. The Morgan fingerprint density at radius 2 is 2.00 bits per heavy atom. The predicted octanol–water partition coefficient (Wildman–Crippen LogP) is 0.955. The minimum atomic E-state index is -0.494. The number of likely N-dealkylation sites (tertiary alicyclic amines) is 1. The van der Waals surface area contributed by atoms with E-state index >= 15 is 0 Å². The molecule has 2 aliphatic rings. The largest absolute Gasteiger partial charge is 0.337 e. The lowest BCUT2D eigenvalue weighted by Crippen LogP contribution is -2.49. The van der Waals surface area contributed by atoms with Crippen LogP contribution in [0.1, 0.15) is 28.9 Å². The fraction of sp³-hybridized carbons (Fsp3) is 0.375. The lowest BCUT2D eigenvalue weighted by Gasteiger charge is -2.38. The number of nitrogens with one attached hydrogen (secondary N) is 1. The van der Waals surface area contributed by atoms with E-state index in [4.69, 9.17) is 0 Å². The van der Waals surface area contributed by atoms with Crippen LogP contribution in [0.25, 0.3) is 0 Å². The second kappa shape index (κ2) is 4.91. The summed E-state index contributed by atoms with van der Waals surface area (Å²) in [4.78, 5) is 28.7. The Morgan fingerprint density at radius 3 is 2.70 bits per heavy atom. The first-order chi connectivity index (χ1) is 11.1. The van der Waals surface area contributed by atoms with Crippen LogP contribution in [0.5, 0.6) is 0 Å². The van der Waals surface area contributed by atoms with Crippen LogP contribution in [0.15, 0.2) is 30.5 Å². The van der Waals surface area contributed by atoms with Gasteiger partial charge in [0.15, 0.2) is 5.69 Å². The van der Waals surface area contributed by atoms with Crippen molar-refractivity contribution in [3.63, 3.8) is 0 Å². The minimum Gasteiger partial charge on any atom is -0.337 e. The van der Waals surface area contributed by atoms with E-state index in [0.717, 1.165) is 11.3 Å². The van der Waals surface area contributed by atoms with E-state index in [2.05, 4.69) is 15.4 Å². The molecule has 0 saturated carbocycles. The Kier molecular flexibility index (Phi) is 2.97. The molecule has 1 saturated heterocycles. The van der Waals surface area contributed by atoms with Crippen molar-refractivity contribution in [3.05, 3.63) is 41.7 Å². The number of likely N-dealkylation sites (N-methyl/N-ethyl adjacent to an activating group) is 1. The summed E-state index contributed by atoms with van der Waals surface area (Å²) in [5, 5.41) is 9.97. The van der Waals surface area contributed by atoms with Crippen LogP contribution in [-0.2, 0) is 10.2 Å². The van der Waals surface area contributed by atoms with Gasteiger partial charge in [-0.1, -0.05) is 18.2 Å². The summed E-state index contributed by atoms with van der Waals surface area (Å²) in [6.45, 7) is 1.08. The number of carbonyl (C=O) groups is 2. The predicted molar refractivity (Wildman–Crippen MR) is 83.1 cm³/mol. The van der Waals surface area contributed by atoms with Gasteiger partial charge in [0.25, 0.3) is 5.91 Å². The molecule has 1 spiro atoms. The Balaban J connectivity index is 1.60. The van der Waals surface area contributed by atoms with Crippen molar-refractivity contribution in [3.8, 4) is 0 Å². The smallest absolute Gasteiger partial charge is 0.276 e. The Hall–Kier alpha value is -2.70. The van der Waals surface area contributed by atoms with Crippen LogP contribution in [0.4, 0.5) is 5.69 Å². The third-order valence-electron chi connectivity index (χ3n) is 5.03. The molecule has 1 N–H and O–H groups in total. The zero-order chi connectivity index (χ0) is 16.0. The lowest BCUT2D eigenvalue weighted by molar-refractivity contribution is -0.124. The second-order valence-corrected chi connectivity index (χ2v) is 6.11. The number of nitrogens with zero attached hydrogens (tertiary/aromatic N) is 4. The molecule has 0 unspecified atom stereocenters. The van der Waals surface area contributed by atoms with Crippen LogP contribution in [0, 0.1) is 0 Å². The molecule has 2 amide bonds. The van der Waals surface area contributed by atoms with Crippen LogP contribution < -0.4 is 4.90 Å². The minimum absolute atomic E-state index is 0.132. The molecule has 4 rings (SSSR count). The number of rotatable bonds is 1. The molecular formula is C16H17N5O2. The van der Waals surface area contributed by atoms with Crippen LogP contribution >= 0.6 is 0 Å². The topological polar surface area (TPSA) is 82.2 Å². The van der Waals surface area contributed by atoms with Crippen LogP contribution in [0.2, 0.25) is 0 Å². The summed E-state index contributed by atoms with van der Waals surface area (Å²) >= 11 is 0. The first-order valence-corrected chi connectivity index (χ1v) is 7.66. The molecule has 118 valence electrons. The van der Waals surface area contributed by atoms with Gasteiger partial charge in [-0.2, -0.15) is 15.4 Å². The van der Waals surface area contributed by atoms with E-state index in [0.29, 0.717) is 31.6 Å². The highest BCUT2D eigenvalue weighted by atomic mass is 16.2. The van der Waals surface area contributed by atoms with Gasteiger partial charge in [-0.15, -0.1) is 0 Å². The van der Waals surface area contributed by atoms with E-state index in [1.807, 2.05) is 31.3 Å². The highest BCUT2D eigenvalue weighted by Gasteiger charge is 2.51. The summed E-state index contributed by atoms with van der Waals surface area (Å²) in [5.74, 6) is -0.00655. The highest BCUT2D eigenvalue weighted by molar-refractivity contribution is 6.08. The van der Waals surface area contributed by atoms with E-state index in [1.165, 1.54) is 6.20 Å². The van der Waals surface area contributed by atoms with Gasteiger partial charge in [-0.3, -0.25) is 9.59 Å². The summed E-state index contributed by atoms with van der Waals surface area (Å²) < 4.78 is 0. The Morgan fingerprint density at radius 1 is 1.26 bits per heavy atom. The van der Waals surface area contributed by atoms with Crippen molar-refractivity contribution in [2.24, 2.45) is 0 Å². The van der Waals surface area contributed by atoms with Crippen molar-refractivity contribution in [2.75, 3.05) is 25.0 Å². The summed E-state index contributed by atoms with van der Waals surface area (Å²) in [6, 6.07) is 7.94. The molecule has 1 fully saturated rings. The van der Waals surface area contributed by atoms with Crippen molar-refractivity contribution >= 4 is 17.5 Å². The lowest BCUT2D eigenvalue weighted by atomic mass is 9.73. The third kappa shape index (κ3) is 1.89. The summed E-state index contributed by atoms with van der Waals surface area (Å²) in [6.07, 6.45) is 2.70. The monoisotopic (exact) mass is 311 g/mol. The van der Waals surface area contributed by atoms with Gasteiger partial charge in [0.2, 0.25) is 5.91 Å². The second-order valence-electron chi connectivity index (χ2n) is 6.11. The quantitative estimate of drug-likeness (QED) is 0.850. The molecule has 1 aromatic carbocycles. The van der Waals surface area contributed by atoms with Crippen LogP contribution in [-0.4, -0.2) is 52.3 Å². The number of amides is 2. The van der Waals surface area contributed by atoms with E-state index < -0.39 is 5.41 Å². The number of hydrogen-bond acceptors (Lipinski definition) is 4. The molecule has 0 atom stereocenters. The van der Waals surface area contributed by atoms with Crippen molar-refractivity contribution in [2.45, 2.75) is 18.3 Å². The molecule has 23 heavy (non-hydrogen) atoms. The average molecular weight is 311 g/mol. The highest BCUT2D eigenvalue weighted by Crippen LogP contribution is 2.47. The number of aromatic amines is 1. The fourth-order valence-corrected chi connectivity index (χ4v) is 3.76. The Labute approximate surface area is 133 Å². The SMILES string of the molecule is CN1C(=O)C2(CCN(C(=O)c3cn[nH]n3)CC2)c2ccccc21. The molecule has 0 radical (unpaired) electrons. The maximum absolute atomic E-state index is 12.8. The molecular weight excluding hydrogens is 294 g/mol. The van der Waals surface area contributed by atoms with Gasteiger partial charge in [-0.05, 0) is 24.5 Å². The molecule has 7 nitrogen and oxygen atoms in total. The molecule has 0 bridgehead atoms. The first kappa shape index (κ1) is 13.9. The normalized spacial score (nSPS) is 19.3. The van der Waals surface area contributed by atoms with Gasteiger partial charge in [0.1, 0.15) is 0 Å². The van der Waals surface area contributed by atoms with Crippen molar-refractivity contribution in [1.29, 1.82) is 0 Å². The third-order valence-corrected chi connectivity index (χ3v) is 5.03. The number of piperidine rings is 1. The Bertz CT molecular complexity index is 763.